The molecular weight excluding hydrogens is 692 g/mol. The molecule has 54 heavy (non-hydrogen) atoms. The molecule has 0 aliphatic carbocycles. The lowest BCUT2D eigenvalue weighted by molar-refractivity contribution is -0.144. The Balaban J connectivity index is 2.26. The van der Waals surface area contributed by atoms with E-state index >= 15 is 0 Å². The number of benzene rings is 1. The van der Waals surface area contributed by atoms with E-state index in [1.165, 1.54) is 9.80 Å². The summed E-state index contributed by atoms with van der Waals surface area (Å²) < 4.78 is 5.45. The van der Waals surface area contributed by atoms with Gasteiger partial charge in [-0.1, -0.05) is 91.1 Å². The number of Topliss-reactive ketones (excluding diaryl/α,β-unsaturated/α-hetero) is 1. The van der Waals surface area contributed by atoms with Crippen molar-refractivity contribution < 1.29 is 38.3 Å². The van der Waals surface area contributed by atoms with Crippen LogP contribution in [-0.2, 0) is 33.5 Å². The fraction of sp³-hybridized carbons (Fsp3) is 0.675. The molecule has 1 aliphatic heterocycles. The molecule has 6 amide bonds. The molecule has 1 heterocycles. The molecule has 14 nitrogen and oxygen atoms in total. The second kappa shape index (κ2) is 20.3. The second-order valence-corrected chi connectivity index (χ2v) is 16.9. The molecule has 302 valence electrons. The van der Waals surface area contributed by atoms with Crippen molar-refractivity contribution in [1.82, 2.24) is 31.1 Å². The van der Waals surface area contributed by atoms with Crippen LogP contribution in [0.5, 0.6) is 0 Å². The van der Waals surface area contributed by atoms with Crippen molar-refractivity contribution in [3.05, 3.63) is 35.9 Å². The summed E-state index contributed by atoms with van der Waals surface area (Å²) in [4.78, 5) is 96.4. The van der Waals surface area contributed by atoms with Crippen molar-refractivity contribution in [1.29, 1.82) is 0 Å². The third kappa shape index (κ3) is 14.4. The van der Waals surface area contributed by atoms with E-state index in [1.54, 1.807) is 65.2 Å². The zero-order chi connectivity index (χ0) is 41.0. The lowest BCUT2D eigenvalue weighted by Gasteiger charge is -2.36. The molecule has 0 radical (unpaired) electrons. The predicted octanol–water partition coefficient (Wildman–Crippen LogP) is 3.89. The Morgan fingerprint density at radius 3 is 2.07 bits per heavy atom. The van der Waals surface area contributed by atoms with E-state index in [1.807, 2.05) is 27.7 Å². The SMILES string of the molecule is CCCCC(NC(=O)C1CC(CCC(C)C)CN1C(=O)C(NC(=O)OC(C)(C)C)C(C)(C)C)C(=O)C(=O)NCC(=O)NC(C(=O)N(C)C)c1ccccc1. The maximum Gasteiger partial charge on any atom is 0.408 e. The Kier molecular flexibility index (Phi) is 17.1. The first-order valence-electron chi connectivity index (χ1n) is 19.0. The molecule has 1 fully saturated rings. The Hall–Kier alpha value is -4.49. The van der Waals surface area contributed by atoms with Crippen LogP contribution in [0.25, 0.3) is 0 Å². The van der Waals surface area contributed by atoms with Gasteiger partial charge in [0.2, 0.25) is 29.4 Å². The number of nitrogens with zero attached hydrogens (tertiary/aromatic N) is 2. The van der Waals surface area contributed by atoms with Gasteiger partial charge in [-0.2, -0.15) is 0 Å². The number of likely N-dealkylation sites (tertiary alicyclic amines) is 1. The normalized spacial score (nSPS) is 17.5. The Morgan fingerprint density at radius 1 is 0.907 bits per heavy atom. The number of ether oxygens (including phenoxy) is 1. The van der Waals surface area contributed by atoms with Crippen molar-refractivity contribution in [3.8, 4) is 0 Å². The van der Waals surface area contributed by atoms with Crippen molar-refractivity contribution >= 4 is 41.4 Å². The van der Waals surface area contributed by atoms with Crippen molar-refractivity contribution in [3.63, 3.8) is 0 Å². The van der Waals surface area contributed by atoms with E-state index in [4.69, 9.17) is 4.74 Å². The third-order valence-corrected chi connectivity index (χ3v) is 9.14. The van der Waals surface area contributed by atoms with Gasteiger partial charge in [-0.05, 0) is 62.8 Å². The van der Waals surface area contributed by atoms with Crippen LogP contribution in [0.4, 0.5) is 4.79 Å². The summed E-state index contributed by atoms with van der Waals surface area (Å²) >= 11 is 0. The van der Waals surface area contributed by atoms with Gasteiger partial charge >= 0.3 is 6.09 Å². The summed E-state index contributed by atoms with van der Waals surface area (Å²) in [6, 6.07) is 4.46. The molecule has 0 bridgehead atoms. The van der Waals surface area contributed by atoms with Crippen molar-refractivity contribution in [2.75, 3.05) is 27.2 Å². The largest absolute Gasteiger partial charge is 0.444 e. The van der Waals surface area contributed by atoms with Gasteiger partial charge in [0.25, 0.3) is 5.91 Å². The van der Waals surface area contributed by atoms with Crippen LogP contribution in [0.2, 0.25) is 0 Å². The van der Waals surface area contributed by atoms with E-state index in [0.29, 0.717) is 30.7 Å². The zero-order valence-corrected chi connectivity index (χ0v) is 34.2. The fourth-order valence-corrected chi connectivity index (χ4v) is 6.19. The number of carbonyl (C=O) groups is 7. The molecule has 4 N–H and O–H groups in total. The molecule has 1 aromatic rings. The number of rotatable bonds is 17. The van der Waals surface area contributed by atoms with Crippen LogP contribution < -0.4 is 21.3 Å². The lowest BCUT2D eigenvalue weighted by atomic mass is 9.85. The molecule has 1 aliphatic rings. The third-order valence-electron chi connectivity index (χ3n) is 9.14. The first-order chi connectivity index (χ1) is 25.0. The van der Waals surface area contributed by atoms with Gasteiger partial charge in [0.1, 0.15) is 23.7 Å². The van der Waals surface area contributed by atoms with Crippen LogP contribution in [0.1, 0.15) is 112 Å². The van der Waals surface area contributed by atoms with E-state index in [0.717, 1.165) is 12.8 Å². The highest BCUT2D eigenvalue weighted by atomic mass is 16.6. The van der Waals surface area contributed by atoms with Gasteiger partial charge in [-0.3, -0.25) is 28.8 Å². The Labute approximate surface area is 321 Å². The van der Waals surface area contributed by atoms with Crippen molar-refractivity contribution in [2.45, 2.75) is 131 Å². The topological polar surface area (TPSA) is 183 Å². The average Bonchev–Trinajstić information content (AvgIpc) is 3.52. The molecule has 14 heteroatoms. The van der Waals surface area contributed by atoms with Crippen LogP contribution >= 0.6 is 0 Å². The molecule has 0 aromatic heterocycles. The van der Waals surface area contributed by atoms with Gasteiger partial charge in [-0.25, -0.2) is 4.79 Å². The number of hydrogen-bond donors (Lipinski definition) is 4. The average molecular weight is 757 g/mol. The number of alkyl carbamates (subject to hydrolysis) is 1. The van der Waals surface area contributed by atoms with Crippen molar-refractivity contribution in [2.24, 2.45) is 17.3 Å². The summed E-state index contributed by atoms with van der Waals surface area (Å²) in [5.41, 5.74) is -0.982. The zero-order valence-electron chi connectivity index (χ0n) is 34.2. The minimum absolute atomic E-state index is 0.0000567. The Bertz CT molecular complexity index is 1470. The van der Waals surface area contributed by atoms with E-state index < -0.39 is 77.2 Å². The molecule has 2 rings (SSSR count). The van der Waals surface area contributed by atoms with E-state index in [-0.39, 0.29) is 24.8 Å². The summed E-state index contributed by atoms with van der Waals surface area (Å²) in [6.07, 6.45) is 2.63. The molecular formula is C40H64N6O8. The lowest BCUT2D eigenvalue weighted by Crippen LogP contribution is -2.59. The second-order valence-electron chi connectivity index (χ2n) is 16.9. The summed E-state index contributed by atoms with van der Waals surface area (Å²) in [6.45, 7) is 16.4. The van der Waals surface area contributed by atoms with Gasteiger partial charge in [0, 0.05) is 20.6 Å². The van der Waals surface area contributed by atoms with Gasteiger partial charge in [0.15, 0.2) is 0 Å². The maximum absolute atomic E-state index is 14.3. The quantitative estimate of drug-likeness (QED) is 0.173. The monoisotopic (exact) mass is 756 g/mol. The maximum atomic E-state index is 14.3. The highest BCUT2D eigenvalue weighted by Crippen LogP contribution is 2.32. The number of unbranched alkanes of at least 4 members (excludes halogenated alkanes) is 1. The minimum Gasteiger partial charge on any atom is -0.444 e. The number of nitrogens with one attached hydrogen (secondary N) is 4. The molecule has 1 saturated heterocycles. The number of amides is 6. The number of likely N-dealkylation sites (N-methyl/N-ethyl adjacent to an activating group) is 1. The molecule has 5 atom stereocenters. The predicted molar refractivity (Wildman–Crippen MR) is 206 cm³/mol. The Morgan fingerprint density at radius 2 is 1.54 bits per heavy atom. The molecule has 0 saturated carbocycles. The highest BCUT2D eigenvalue weighted by molar-refractivity contribution is 6.38. The van der Waals surface area contributed by atoms with Crippen LogP contribution in [0.15, 0.2) is 30.3 Å². The van der Waals surface area contributed by atoms with E-state index in [9.17, 15) is 33.6 Å². The molecule has 1 aromatic carbocycles. The first-order valence-corrected chi connectivity index (χ1v) is 19.0. The summed E-state index contributed by atoms with van der Waals surface area (Å²) in [5.74, 6) is -3.66. The summed E-state index contributed by atoms with van der Waals surface area (Å²) in [5, 5.41) is 10.4. The minimum atomic E-state index is -1.21. The highest BCUT2D eigenvalue weighted by Gasteiger charge is 2.46. The first kappa shape index (κ1) is 45.7. The van der Waals surface area contributed by atoms with Gasteiger partial charge in [0.05, 0.1) is 12.6 Å². The fourth-order valence-electron chi connectivity index (χ4n) is 6.19. The van der Waals surface area contributed by atoms with E-state index in [2.05, 4.69) is 35.1 Å². The summed E-state index contributed by atoms with van der Waals surface area (Å²) in [7, 11) is 3.12. The number of carbonyl (C=O) groups excluding carboxylic acids is 7. The molecule has 0 spiro atoms. The standard InChI is InChI=1S/C40H64N6O8/c1-12-13-19-28(32(48)35(50)41-23-30(47)43-31(36(51)45(10)11)27-17-15-14-16-18-27)42-34(49)29-22-26(21-20-25(2)3)24-46(29)37(52)33(39(4,5)6)44-38(53)54-40(7,8)9/h14-18,25-26,28-29,31,33H,12-13,19-24H2,1-11H3,(H,41,50)(H,42,49)(H,43,47)(H,44,53). The van der Waals surface area contributed by atoms with Gasteiger partial charge in [-0.15, -0.1) is 0 Å². The van der Waals surface area contributed by atoms with Crippen LogP contribution in [0.3, 0.4) is 0 Å². The van der Waals surface area contributed by atoms with Crippen LogP contribution in [-0.4, -0.2) is 102 Å². The van der Waals surface area contributed by atoms with Gasteiger partial charge < -0.3 is 35.8 Å². The number of ketones is 1. The number of hydrogen-bond acceptors (Lipinski definition) is 8. The van der Waals surface area contributed by atoms with Crippen LogP contribution in [0, 0.1) is 17.3 Å². The smallest absolute Gasteiger partial charge is 0.408 e. The molecule has 5 unspecified atom stereocenters.